The van der Waals surface area contributed by atoms with Gasteiger partial charge in [-0.15, -0.1) is 0 Å². The fourth-order valence-corrected chi connectivity index (χ4v) is 3.85. The first-order chi connectivity index (χ1) is 16.5. The maximum Gasteiger partial charge on any atom is 0.286 e. The van der Waals surface area contributed by atoms with E-state index in [2.05, 4.69) is 10.2 Å². The van der Waals surface area contributed by atoms with E-state index in [-0.39, 0.29) is 43.4 Å². The fourth-order valence-electron chi connectivity index (χ4n) is 3.85. The average Bonchev–Trinajstić information content (AvgIpc) is 2.87. The molecule has 1 saturated heterocycles. The molecule has 2 aliphatic rings. The van der Waals surface area contributed by atoms with Gasteiger partial charge in [-0.2, -0.15) is 0 Å². The quantitative estimate of drug-likeness (QED) is 0.483. The highest BCUT2D eigenvalue weighted by Gasteiger charge is 2.29. The highest BCUT2D eigenvalue weighted by molar-refractivity contribution is 6.02. The van der Waals surface area contributed by atoms with Crippen molar-refractivity contribution in [3.8, 4) is 11.5 Å². The lowest BCUT2D eigenvalue weighted by atomic mass is 10.1. The summed E-state index contributed by atoms with van der Waals surface area (Å²) in [6, 6.07) is 9.93. The number of anilines is 2. The summed E-state index contributed by atoms with van der Waals surface area (Å²) >= 11 is 0. The van der Waals surface area contributed by atoms with Gasteiger partial charge in [-0.05, 0) is 31.2 Å². The third-order valence-electron chi connectivity index (χ3n) is 5.62. The van der Waals surface area contributed by atoms with Gasteiger partial charge in [0.1, 0.15) is 25.3 Å². The van der Waals surface area contributed by atoms with Crippen LogP contribution in [-0.4, -0.2) is 74.2 Å². The number of amides is 2. The Labute approximate surface area is 196 Å². The van der Waals surface area contributed by atoms with E-state index in [1.54, 1.807) is 19.1 Å². The number of nitrogens with zero attached hydrogens (tertiary/aromatic N) is 3. The molecule has 1 N–H and O–H groups in total. The minimum atomic E-state index is -0.643. The number of nitro groups is 1. The normalized spacial score (nSPS) is 14.9. The van der Waals surface area contributed by atoms with Gasteiger partial charge in [0.05, 0.1) is 24.2 Å². The summed E-state index contributed by atoms with van der Waals surface area (Å²) in [7, 11) is 0. The maximum absolute atomic E-state index is 13.1. The van der Waals surface area contributed by atoms with Gasteiger partial charge in [0.25, 0.3) is 11.6 Å². The number of likely N-dealkylation sites (N-methyl/N-ethyl adjacent to an activating group) is 1. The molecule has 0 saturated carbocycles. The van der Waals surface area contributed by atoms with Crippen molar-refractivity contribution in [2.24, 2.45) is 0 Å². The van der Waals surface area contributed by atoms with E-state index < -0.39 is 22.4 Å². The molecule has 0 aliphatic carbocycles. The minimum absolute atomic E-state index is 0.154. The summed E-state index contributed by atoms with van der Waals surface area (Å²) in [4.78, 5) is 40.1. The van der Waals surface area contributed by atoms with Crippen LogP contribution in [-0.2, 0) is 9.53 Å². The minimum Gasteiger partial charge on any atom is -0.486 e. The SMILES string of the molecule is CCN(CC(=O)Nc1ccc(N2CCOCC2)cc1)C(=O)c1cc2c(cc1[N+](=O)[O-])OCCO2. The summed E-state index contributed by atoms with van der Waals surface area (Å²) < 4.78 is 16.2. The molecule has 0 aromatic heterocycles. The lowest BCUT2D eigenvalue weighted by Crippen LogP contribution is -2.38. The Morgan fingerprint density at radius 2 is 1.71 bits per heavy atom. The first kappa shape index (κ1) is 23.3. The van der Waals surface area contributed by atoms with Gasteiger partial charge >= 0.3 is 0 Å². The molecule has 0 bridgehead atoms. The number of nitrogens with one attached hydrogen (secondary N) is 1. The van der Waals surface area contributed by atoms with Crippen LogP contribution in [0.15, 0.2) is 36.4 Å². The number of hydrogen-bond acceptors (Lipinski definition) is 8. The predicted molar refractivity (Wildman–Crippen MR) is 124 cm³/mol. The number of carbonyl (C=O) groups excluding carboxylic acids is 2. The number of rotatable bonds is 7. The van der Waals surface area contributed by atoms with Crippen molar-refractivity contribution in [2.75, 3.05) is 62.8 Å². The number of nitro benzene ring substituents is 1. The molecule has 1 fully saturated rings. The summed E-state index contributed by atoms with van der Waals surface area (Å²) in [6.07, 6.45) is 0. The molecule has 2 aliphatic heterocycles. The first-order valence-corrected chi connectivity index (χ1v) is 11.1. The Morgan fingerprint density at radius 3 is 2.32 bits per heavy atom. The van der Waals surface area contributed by atoms with Crippen LogP contribution in [0.25, 0.3) is 0 Å². The van der Waals surface area contributed by atoms with E-state index in [0.717, 1.165) is 18.8 Å². The highest BCUT2D eigenvalue weighted by Crippen LogP contribution is 2.37. The van der Waals surface area contributed by atoms with Gasteiger partial charge in [0, 0.05) is 37.1 Å². The number of ether oxygens (including phenoxy) is 3. The molecular weight excluding hydrogens is 444 g/mol. The van der Waals surface area contributed by atoms with Crippen LogP contribution in [0.1, 0.15) is 17.3 Å². The Bertz CT molecular complexity index is 1070. The van der Waals surface area contributed by atoms with Crippen molar-refractivity contribution in [1.29, 1.82) is 0 Å². The van der Waals surface area contributed by atoms with Crippen LogP contribution in [0.4, 0.5) is 17.1 Å². The zero-order valence-corrected chi connectivity index (χ0v) is 18.8. The van der Waals surface area contributed by atoms with Crippen LogP contribution in [0.2, 0.25) is 0 Å². The fraction of sp³-hybridized carbons (Fsp3) is 0.391. The Kier molecular flexibility index (Phi) is 7.12. The van der Waals surface area contributed by atoms with Crippen molar-refractivity contribution in [3.63, 3.8) is 0 Å². The van der Waals surface area contributed by atoms with Crippen molar-refractivity contribution in [2.45, 2.75) is 6.92 Å². The Morgan fingerprint density at radius 1 is 1.06 bits per heavy atom. The maximum atomic E-state index is 13.1. The number of hydrogen-bond donors (Lipinski definition) is 1. The average molecular weight is 470 g/mol. The van der Waals surface area contributed by atoms with Gasteiger partial charge in [-0.3, -0.25) is 19.7 Å². The molecule has 180 valence electrons. The van der Waals surface area contributed by atoms with Gasteiger partial charge in [-0.25, -0.2) is 0 Å². The van der Waals surface area contributed by atoms with E-state index in [9.17, 15) is 19.7 Å². The monoisotopic (exact) mass is 470 g/mol. The molecule has 2 aromatic rings. The second-order valence-electron chi connectivity index (χ2n) is 7.78. The van der Waals surface area contributed by atoms with Crippen LogP contribution in [0, 0.1) is 10.1 Å². The molecule has 0 radical (unpaired) electrons. The summed E-state index contributed by atoms with van der Waals surface area (Å²) in [5, 5.41) is 14.4. The lowest BCUT2D eigenvalue weighted by Gasteiger charge is -2.29. The summed E-state index contributed by atoms with van der Waals surface area (Å²) in [5.74, 6) is -0.560. The van der Waals surface area contributed by atoms with Gasteiger partial charge in [0.15, 0.2) is 11.5 Å². The second-order valence-corrected chi connectivity index (χ2v) is 7.78. The molecule has 11 heteroatoms. The molecule has 4 rings (SSSR count). The smallest absolute Gasteiger partial charge is 0.286 e. The topological polar surface area (TPSA) is 123 Å². The number of benzene rings is 2. The molecule has 2 aromatic carbocycles. The third-order valence-corrected chi connectivity index (χ3v) is 5.62. The molecule has 0 unspecified atom stereocenters. The van der Waals surface area contributed by atoms with Crippen LogP contribution < -0.4 is 19.7 Å². The van der Waals surface area contributed by atoms with Crippen molar-refractivity contribution < 1.29 is 28.7 Å². The zero-order chi connectivity index (χ0) is 24.1. The predicted octanol–water partition coefficient (Wildman–Crippen LogP) is 2.30. The molecule has 0 spiro atoms. The van der Waals surface area contributed by atoms with Crippen LogP contribution in [0.3, 0.4) is 0 Å². The standard InChI is InChI=1S/C23H26N4O7/c1-2-25(23(29)18-13-20-21(34-12-11-33-20)14-19(18)27(30)31)15-22(28)24-16-3-5-17(6-4-16)26-7-9-32-10-8-26/h3-6,13-14H,2,7-12,15H2,1H3,(H,24,28). The highest BCUT2D eigenvalue weighted by atomic mass is 16.6. The molecule has 11 nitrogen and oxygen atoms in total. The van der Waals surface area contributed by atoms with Gasteiger partial charge in [-0.1, -0.05) is 0 Å². The summed E-state index contributed by atoms with van der Waals surface area (Å²) in [5.41, 5.74) is 1.08. The molecule has 2 heterocycles. The number of fused-ring (bicyclic) bond motifs is 1. The van der Waals surface area contributed by atoms with Gasteiger partial charge < -0.3 is 29.3 Å². The van der Waals surface area contributed by atoms with Crippen molar-refractivity contribution in [3.05, 3.63) is 52.1 Å². The third kappa shape index (κ3) is 5.20. The number of carbonyl (C=O) groups is 2. The summed E-state index contributed by atoms with van der Waals surface area (Å²) in [6.45, 7) is 5.17. The molecular formula is C23H26N4O7. The molecule has 2 amide bonds. The molecule has 34 heavy (non-hydrogen) atoms. The molecule has 0 atom stereocenters. The Hall–Kier alpha value is -3.86. The zero-order valence-electron chi connectivity index (χ0n) is 18.8. The van der Waals surface area contributed by atoms with Crippen molar-refractivity contribution in [1.82, 2.24) is 4.90 Å². The van der Waals surface area contributed by atoms with E-state index in [1.807, 2.05) is 12.1 Å². The largest absolute Gasteiger partial charge is 0.486 e. The van der Waals surface area contributed by atoms with E-state index >= 15 is 0 Å². The van der Waals surface area contributed by atoms with Crippen molar-refractivity contribution >= 4 is 28.9 Å². The van der Waals surface area contributed by atoms with E-state index in [0.29, 0.717) is 18.9 Å². The second kappa shape index (κ2) is 10.4. The van der Waals surface area contributed by atoms with Crippen LogP contribution >= 0.6 is 0 Å². The van der Waals surface area contributed by atoms with Gasteiger partial charge in [0.2, 0.25) is 5.91 Å². The first-order valence-electron chi connectivity index (χ1n) is 11.1. The number of morpholine rings is 1. The van der Waals surface area contributed by atoms with Crippen LogP contribution in [0.5, 0.6) is 11.5 Å². The Balaban J connectivity index is 1.44. The van der Waals surface area contributed by atoms with E-state index in [4.69, 9.17) is 14.2 Å². The lowest BCUT2D eigenvalue weighted by molar-refractivity contribution is -0.385. The van der Waals surface area contributed by atoms with E-state index in [1.165, 1.54) is 17.0 Å².